The minimum Gasteiger partial charge on any atom is -0.379 e. The third-order valence-electron chi connectivity index (χ3n) is 6.62. The Hall–Kier alpha value is -2.91. The lowest BCUT2D eigenvalue weighted by molar-refractivity contribution is 0.0329. The molecule has 1 unspecified atom stereocenters. The molecule has 0 aliphatic carbocycles. The van der Waals surface area contributed by atoms with Crippen molar-refractivity contribution in [2.24, 2.45) is 0 Å². The highest BCUT2D eigenvalue weighted by atomic mass is 32.1. The predicted molar refractivity (Wildman–Crippen MR) is 136 cm³/mol. The summed E-state index contributed by atoms with van der Waals surface area (Å²) in [6.07, 6.45) is -0.143. The van der Waals surface area contributed by atoms with Gasteiger partial charge in [0.2, 0.25) is 0 Å². The van der Waals surface area contributed by atoms with Crippen molar-refractivity contribution in [2.75, 3.05) is 50.9 Å². The van der Waals surface area contributed by atoms with Crippen molar-refractivity contribution in [1.29, 1.82) is 0 Å². The third-order valence-corrected chi connectivity index (χ3v) is 7.49. The van der Waals surface area contributed by atoms with Gasteiger partial charge in [-0.3, -0.25) is 4.90 Å². The molecular weight excluding hydrogens is 463 g/mol. The Morgan fingerprint density at radius 1 is 0.943 bits per heavy atom. The molecule has 0 spiro atoms. The second-order valence-corrected chi connectivity index (χ2v) is 9.76. The summed E-state index contributed by atoms with van der Waals surface area (Å²) in [5, 5.41) is 3.28. The van der Waals surface area contributed by atoms with Crippen LogP contribution in [0.5, 0.6) is 0 Å². The zero-order valence-corrected chi connectivity index (χ0v) is 20.2. The zero-order chi connectivity index (χ0) is 23.6. The van der Waals surface area contributed by atoms with Crippen LogP contribution in [0.1, 0.15) is 17.5 Å². The normalized spacial score (nSPS) is 19.3. The highest BCUT2D eigenvalue weighted by Gasteiger charge is 2.27. The van der Waals surface area contributed by atoms with E-state index >= 15 is 0 Å². The quantitative estimate of drug-likeness (QED) is 0.396. The summed E-state index contributed by atoms with van der Waals surface area (Å²) in [4.78, 5) is 15.8. The highest BCUT2D eigenvalue weighted by molar-refractivity contribution is 7.17. The SMILES string of the molecule is Fc1ccc(C2CN(c3nc(CN4CCOCC4)nc4scc(-c5ccccc5)c34)CCO2)cc1. The number of rotatable bonds is 5. The molecule has 6 nitrogen and oxygen atoms in total. The maximum atomic E-state index is 13.5. The fourth-order valence-electron chi connectivity index (χ4n) is 4.78. The van der Waals surface area contributed by atoms with Crippen molar-refractivity contribution >= 4 is 27.4 Å². The van der Waals surface area contributed by atoms with Crippen LogP contribution >= 0.6 is 11.3 Å². The van der Waals surface area contributed by atoms with Gasteiger partial charge in [0.1, 0.15) is 28.4 Å². The molecule has 2 aliphatic rings. The average molecular weight is 491 g/mol. The van der Waals surface area contributed by atoms with Crippen LogP contribution in [0.3, 0.4) is 0 Å². The van der Waals surface area contributed by atoms with Gasteiger partial charge in [0.15, 0.2) is 0 Å². The largest absolute Gasteiger partial charge is 0.379 e. The van der Waals surface area contributed by atoms with E-state index in [1.165, 1.54) is 12.1 Å². The summed E-state index contributed by atoms with van der Waals surface area (Å²) in [6, 6.07) is 17.0. The molecule has 4 aromatic rings. The molecule has 0 amide bonds. The number of fused-ring (bicyclic) bond motifs is 1. The smallest absolute Gasteiger partial charge is 0.146 e. The van der Waals surface area contributed by atoms with E-state index in [9.17, 15) is 4.39 Å². The number of hydrogen-bond donors (Lipinski definition) is 0. The molecule has 0 N–H and O–H groups in total. The lowest BCUT2D eigenvalue weighted by atomic mass is 10.0. The summed E-state index contributed by atoms with van der Waals surface area (Å²) >= 11 is 1.67. The Morgan fingerprint density at radius 3 is 2.54 bits per heavy atom. The van der Waals surface area contributed by atoms with Crippen molar-refractivity contribution in [3.63, 3.8) is 0 Å². The number of morpholine rings is 2. The van der Waals surface area contributed by atoms with Crippen LogP contribution in [-0.2, 0) is 16.0 Å². The van der Waals surface area contributed by atoms with E-state index in [-0.39, 0.29) is 11.9 Å². The summed E-state index contributed by atoms with van der Waals surface area (Å²) in [5.41, 5.74) is 3.29. The van der Waals surface area contributed by atoms with Gasteiger partial charge in [0, 0.05) is 37.1 Å². The fourth-order valence-corrected chi connectivity index (χ4v) is 5.74. The highest BCUT2D eigenvalue weighted by Crippen LogP contribution is 2.39. The van der Waals surface area contributed by atoms with Crippen molar-refractivity contribution in [2.45, 2.75) is 12.6 Å². The Labute approximate surface area is 207 Å². The van der Waals surface area contributed by atoms with Gasteiger partial charge in [-0.1, -0.05) is 42.5 Å². The van der Waals surface area contributed by atoms with Gasteiger partial charge in [-0.2, -0.15) is 0 Å². The fraction of sp³-hybridized carbons (Fsp3) is 0.333. The molecule has 0 bridgehead atoms. The lowest BCUT2D eigenvalue weighted by Crippen LogP contribution is -2.39. The van der Waals surface area contributed by atoms with Gasteiger partial charge in [0.05, 0.1) is 31.8 Å². The van der Waals surface area contributed by atoms with Crippen molar-refractivity contribution in [3.05, 3.63) is 77.2 Å². The number of halogens is 1. The van der Waals surface area contributed by atoms with Gasteiger partial charge in [-0.25, -0.2) is 14.4 Å². The van der Waals surface area contributed by atoms with Gasteiger partial charge in [0.25, 0.3) is 0 Å². The van der Waals surface area contributed by atoms with Gasteiger partial charge >= 0.3 is 0 Å². The first-order chi connectivity index (χ1) is 17.2. The summed E-state index contributed by atoms with van der Waals surface area (Å²) < 4.78 is 25.1. The predicted octanol–water partition coefficient (Wildman–Crippen LogP) is 4.91. The van der Waals surface area contributed by atoms with E-state index in [0.717, 1.165) is 71.4 Å². The van der Waals surface area contributed by atoms with Crippen LogP contribution in [0, 0.1) is 5.82 Å². The molecule has 2 fully saturated rings. The second-order valence-electron chi connectivity index (χ2n) is 8.90. The molecule has 35 heavy (non-hydrogen) atoms. The molecule has 4 heterocycles. The Bertz CT molecular complexity index is 1290. The average Bonchev–Trinajstić information content (AvgIpc) is 3.34. The standard InChI is InChI=1S/C27H27FN4O2S/c28-21-8-6-20(7-9-21)23-16-32(12-15-34-23)26-25-22(19-4-2-1-3-5-19)18-35-27(25)30-24(29-26)17-31-10-13-33-14-11-31/h1-9,18,23H,10-17H2. The molecule has 2 aromatic carbocycles. The number of aromatic nitrogens is 2. The van der Waals surface area contributed by atoms with Gasteiger partial charge < -0.3 is 14.4 Å². The summed E-state index contributed by atoms with van der Waals surface area (Å²) in [7, 11) is 0. The van der Waals surface area contributed by atoms with Crippen LogP contribution in [-0.4, -0.2) is 60.9 Å². The second kappa shape index (κ2) is 9.99. The van der Waals surface area contributed by atoms with Crippen molar-refractivity contribution in [1.82, 2.24) is 14.9 Å². The third kappa shape index (κ3) is 4.79. The number of thiophene rings is 1. The van der Waals surface area contributed by atoms with Gasteiger partial charge in [-0.05, 0) is 23.3 Å². The molecule has 2 saturated heterocycles. The maximum Gasteiger partial charge on any atom is 0.146 e. The first kappa shape index (κ1) is 22.5. The molecule has 180 valence electrons. The minimum absolute atomic E-state index is 0.143. The van der Waals surface area contributed by atoms with E-state index in [0.29, 0.717) is 19.7 Å². The number of ether oxygens (including phenoxy) is 2. The first-order valence-corrected chi connectivity index (χ1v) is 12.9. The molecule has 0 radical (unpaired) electrons. The maximum absolute atomic E-state index is 13.5. The Kier molecular flexibility index (Phi) is 6.43. The Morgan fingerprint density at radius 2 is 1.74 bits per heavy atom. The minimum atomic E-state index is -0.238. The van der Waals surface area contributed by atoms with Crippen molar-refractivity contribution in [3.8, 4) is 11.1 Å². The molecular formula is C27H27FN4O2S. The number of nitrogens with zero attached hydrogens (tertiary/aromatic N) is 4. The molecule has 2 aliphatic heterocycles. The molecule has 2 aromatic heterocycles. The molecule has 8 heteroatoms. The molecule has 1 atom stereocenters. The number of anilines is 1. The summed E-state index contributed by atoms with van der Waals surface area (Å²) in [5.74, 6) is 1.55. The van der Waals surface area contributed by atoms with E-state index in [1.807, 2.05) is 18.2 Å². The van der Waals surface area contributed by atoms with Crippen LogP contribution in [0.15, 0.2) is 60.0 Å². The van der Waals surface area contributed by atoms with E-state index in [1.54, 1.807) is 11.3 Å². The molecule has 0 saturated carbocycles. The van der Waals surface area contributed by atoms with Gasteiger partial charge in [-0.15, -0.1) is 11.3 Å². The van der Waals surface area contributed by atoms with Crippen LogP contribution in [0.2, 0.25) is 0 Å². The van der Waals surface area contributed by atoms with E-state index < -0.39 is 0 Å². The molecule has 6 rings (SSSR count). The van der Waals surface area contributed by atoms with E-state index in [4.69, 9.17) is 19.4 Å². The number of benzene rings is 2. The van der Waals surface area contributed by atoms with Crippen LogP contribution < -0.4 is 4.90 Å². The monoisotopic (exact) mass is 490 g/mol. The van der Waals surface area contributed by atoms with Crippen molar-refractivity contribution < 1.29 is 13.9 Å². The van der Waals surface area contributed by atoms with Crippen LogP contribution in [0.25, 0.3) is 21.3 Å². The topological polar surface area (TPSA) is 50.7 Å². The number of hydrogen-bond acceptors (Lipinski definition) is 7. The summed E-state index contributed by atoms with van der Waals surface area (Å²) in [6.45, 7) is 5.95. The first-order valence-electron chi connectivity index (χ1n) is 12.0. The zero-order valence-electron chi connectivity index (χ0n) is 19.4. The van der Waals surface area contributed by atoms with Crippen LogP contribution in [0.4, 0.5) is 10.2 Å². The van der Waals surface area contributed by atoms with E-state index in [2.05, 4.69) is 39.4 Å². The lowest BCUT2D eigenvalue weighted by Gasteiger charge is -2.35. The Balaban J connectivity index is 1.40.